The highest BCUT2D eigenvalue weighted by atomic mass is 16.1. The Morgan fingerprint density at radius 2 is 2.20 bits per heavy atom. The molecule has 1 aliphatic rings. The summed E-state index contributed by atoms with van der Waals surface area (Å²) in [5.74, 6) is 0. The molecule has 82 valence electrons. The second kappa shape index (κ2) is 4.13. The van der Waals surface area contributed by atoms with Crippen LogP contribution >= 0.6 is 0 Å². The van der Waals surface area contributed by atoms with Crippen molar-refractivity contribution in [2.45, 2.75) is 38.5 Å². The number of aldehydes is 1. The molecule has 1 saturated carbocycles. The minimum atomic E-state index is -0.158. The van der Waals surface area contributed by atoms with Crippen LogP contribution in [0.3, 0.4) is 0 Å². The van der Waals surface area contributed by atoms with Crippen molar-refractivity contribution in [3.05, 3.63) is 11.9 Å². The normalized spacial score (nSPS) is 20.1. The SMILES string of the molecule is Cn1cc(CC2(C=O)CCCCC2)nn1. The summed E-state index contributed by atoms with van der Waals surface area (Å²) in [5.41, 5.74) is 0.778. The van der Waals surface area contributed by atoms with Crippen LogP contribution in [0.5, 0.6) is 0 Å². The Balaban J connectivity index is 2.10. The van der Waals surface area contributed by atoms with Crippen molar-refractivity contribution in [1.29, 1.82) is 0 Å². The summed E-state index contributed by atoms with van der Waals surface area (Å²) in [6.07, 6.45) is 9.40. The van der Waals surface area contributed by atoms with Crippen LogP contribution in [0.4, 0.5) is 0 Å². The zero-order valence-electron chi connectivity index (χ0n) is 9.15. The molecule has 1 aliphatic carbocycles. The van der Waals surface area contributed by atoms with E-state index in [4.69, 9.17) is 0 Å². The molecular weight excluding hydrogens is 190 g/mol. The Hall–Kier alpha value is -1.19. The van der Waals surface area contributed by atoms with Crippen LogP contribution in [0.1, 0.15) is 37.8 Å². The van der Waals surface area contributed by atoms with Crippen molar-refractivity contribution >= 4 is 6.29 Å². The minimum Gasteiger partial charge on any atom is -0.303 e. The number of aryl methyl sites for hydroxylation is 1. The molecule has 0 aromatic carbocycles. The Bertz CT molecular complexity index is 339. The van der Waals surface area contributed by atoms with Gasteiger partial charge in [0.05, 0.1) is 5.69 Å². The van der Waals surface area contributed by atoms with Crippen LogP contribution in [0.2, 0.25) is 0 Å². The molecule has 0 atom stereocenters. The largest absolute Gasteiger partial charge is 0.303 e. The molecule has 1 heterocycles. The van der Waals surface area contributed by atoms with Gasteiger partial charge in [-0.15, -0.1) is 5.10 Å². The predicted octanol–water partition coefficient (Wildman–Crippen LogP) is 1.51. The maximum absolute atomic E-state index is 11.2. The standard InChI is InChI=1S/C11H17N3O/c1-14-8-10(12-13-14)7-11(9-15)5-3-2-4-6-11/h8-9H,2-7H2,1H3. The lowest BCUT2D eigenvalue weighted by Crippen LogP contribution is -2.28. The first-order chi connectivity index (χ1) is 7.24. The van der Waals surface area contributed by atoms with Crippen LogP contribution < -0.4 is 0 Å². The van der Waals surface area contributed by atoms with Gasteiger partial charge >= 0.3 is 0 Å². The fraction of sp³-hybridized carbons (Fsp3) is 0.727. The monoisotopic (exact) mass is 207 g/mol. The molecular formula is C11H17N3O. The first-order valence-corrected chi connectivity index (χ1v) is 5.56. The smallest absolute Gasteiger partial charge is 0.126 e. The van der Waals surface area contributed by atoms with Crippen LogP contribution in [0.25, 0.3) is 0 Å². The van der Waals surface area contributed by atoms with Gasteiger partial charge in [-0.3, -0.25) is 4.68 Å². The first kappa shape index (κ1) is 10.3. The lowest BCUT2D eigenvalue weighted by Gasteiger charge is -2.31. The maximum Gasteiger partial charge on any atom is 0.126 e. The molecule has 1 fully saturated rings. The first-order valence-electron chi connectivity index (χ1n) is 5.56. The van der Waals surface area contributed by atoms with Gasteiger partial charge in [0.25, 0.3) is 0 Å². The number of carbonyl (C=O) groups is 1. The second-order valence-electron chi connectivity index (χ2n) is 4.60. The summed E-state index contributed by atoms with van der Waals surface area (Å²) in [6.45, 7) is 0. The van der Waals surface area contributed by atoms with Gasteiger partial charge in [0.2, 0.25) is 0 Å². The summed E-state index contributed by atoms with van der Waals surface area (Å²) in [4.78, 5) is 11.2. The van der Waals surface area contributed by atoms with Gasteiger partial charge in [-0.25, -0.2) is 0 Å². The highest BCUT2D eigenvalue weighted by Gasteiger charge is 2.32. The van der Waals surface area contributed by atoms with Gasteiger partial charge in [-0.2, -0.15) is 0 Å². The molecule has 0 bridgehead atoms. The quantitative estimate of drug-likeness (QED) is 0.706. The van der Waals surface area contributed by atoms with Crippen LogP contribution in [-0.2, 0) is 18.3 Å². The van der Waals surface area contributed by atoms with E-state index in [9.17, 15) is 4.79 Å². The molecule has 1 aromatic rings. The van der Waals surface area contributed by atoms with Crippen LogP contribution in [0, 0.1) is 5.41 Å². The summed E-state index contributed by atoms with van der Waals surface area (Å²) >= 11 is 0. The topological polar surface area (TPSA) is 47.8 Å². The number of aromatic nitrogens is 3. The van der Waals surface area contributed by atoms with Gasteiger partial charge in [0.1, 0.15) is 6.29 Å². The maximum atomic E-state index is 11.2. The Morgan fingerprint density at radius 3 is 2.73 bits per heavy atom. The fourth-order valence-electron chi connectivity index (χ4n) is 2.43. The van der Waals surface area contributed by atoms with Crippen LogP contribution in [0.15, 0.2) is 6.20 Å². The molecule has 15 heavy (non-hydrogen) atoms. The molecule has 0 spiro atoms. The van der Waals surface area contributed by atoms with Crippen molar-refractivity contribution in [3.63, 3.8) is 0 Å². The van der Waals surface area contributed by atoms with E-state index in [1.165, 1.54) is 19.3 Å². The van der Waals surface area contributed by atoms with Crippen LogP contribution in [-0.4, -0.2) is 21.3 Å². The molecule has 0 radical (unpaired) electrons. The molecule has 0 aliphatic heterocycles. The van der Waals surface area contributed by atoms with Crippen molar-refractivity contribution in [2.24, 2.45) is 12.5 Å². The van der Waals surface area contributed by atoms with E-state index in [1.807, 2.05) is 13.2 Å². The number of hydrogen-bond donors (Lipinski definition) is 0. The zero-order chi connectivity index (χ0) is 10.7. The Morgan fingerprint density at radius 1 is 1.47 bits per heavy atom. The third-order valence-corrected chi connectivity index (χ3v) is 3.28. The highest BCUT2D eigenvalue weighted by molar-refractivity contribution is 5.60. The molecule has 4 heteroatoms. The van der Waals surface area contributed by atoms with E-state index in [2.05, 4.69) is 10.3 Å². The molecule has 0 saturated heterocycles. The molecule has 0 amide bonds. The number of rotatable bonds is 3. The number of hydrogen-bond acceptors (Lipinski definition) is 3. The summed E-state index contributed by atoms with van der Waals surface area (Å²) in [5, 5.41) is 7.96. The van der Waals surface area contributed by atoms with Crippen molar-refractivity contribution in [2.75, 3.05) is 0 Å². The molecule has 2 rings (SSSR count). The summed E-state index contributed by atoms with van der Waals surface area (Å²) < 4.78 is 1.69. The average Bonchev–Trinajstić information content (AvgIpc) is 2.65. The van der Waals surface area contributed by atoms with Crippen molar-refractivity contribution < 1.29 is 4.79 Å². The average molecular weight is 207 g/mol. The van der Waals surface area contributed by atoms with Gasteiger partial charge in [-0.05, 0) is 12.8 Å². The molecule has 0 unspecified atom stereocenters. The van der Waals surface area contributed by atoms with Crippen molar-refractivity contribution in [3.8, 4) is 0 Å². The Kier molecular flexibility index (Phi) is 2.84. The fourth-order valence-corrected chi connectivity index (χ4v) is 2.43. The highest BCUT2D eigenvalue weighted by Crippen LogP contribution is 2.36. The van der Waals surface area contributed by atoms with E-state index in [0.29, 0.717) is 0 Å². The van der Waals surface area contributed by atoms with E-state index >= 15 is 0 Å². The summed E-state index contributed by atoms with van der Waals surface area (Å²) in [7, 11) is 1.85. The van der Waals surface area contributed by atoms with Gasteiger partial charge in [0, 0.05) is 25.1 Å². The van der Waals surface area contributed by atoms with E-state index in [-0.39, 0.29) is 5.41 Å². The Labute approximate surface area is 89.7 Å². The third kappa shape index (κ3) is 2.25. The third-order valence-electron chi connectivity index (χ3n) is 3.28. The minimum absolute atomic E-state index is 0.158. The number of nitrogens with zero attached hydrogens (tertiary/aromatic N) is 3. The summed E-state index contributed by atoms with van der Waals surface area (Å²) in [6, 6.07) is 0. The molecule has 0 N–H and O–H groups in total. The second-order valence-corrected chi connectivity index (χ2v) is 4.60. The molecule has 4 nitrogen and oxygen atoms in total. The lowest BCUT2D eigenvalue weighted by molar-refractivity contribution is -0.117. The van der Waals surface area contributed by atoms with E-state index in [1.54, 1.807) is 4.68 Å². The number of carbonyl (C=O) groups excluding carboxylic acids is 1. The zero-order valence-corrected chi connectivity index (χ0v) is 9.15. The van der Waals surface area contributed by atoms with Gasteiger partial charge < -0.3 is 4.79 Å². The van der Waals surface area contributed by atoms with E-state index in [0.717, 1.165) is 31.2 Å². The van der Waals surface area contributed by atoms with Gasteiger partial charge in [-0.1, -0.05) is 24.5 Å². The van der Waals surface area contributed by atoms with Crippen molar-refractivity contribution in [1.82, 2.24) is 15.0 Å². The predicted molar refractivity (Wildman–Crippen MR) is 56.3 cm³/mol. The van der Waals surface area contributed by atoms with E-state index < -0.39 is 0 Å². The lowest BCUT2D eigenvalue weighted by atomic mass is 9.72. The van der Waals surface area contributed by atoms with Gasteiger partial charge in [0.15, 0.2) is 0 Å². The molecule has 1 aromatic heterocycles.